The maximum atomic E-state index is 12.8. The van der Waals surface area contributed by atoms with Crippen LogP contribution in [-0.2, 0) is 6.42 Å². The highest BCUT2D eigenvalue weighted by molar-refractivity contribution is 6.05. The van der Waals surface area contributed by atoms with Gasteiger partial charge in [-0.1, -0.05) is 19.9 Å². The number of nitrogens with zero attached hydrogens (tertiary/aromatic N) is 1. The first kappa shape index (κ1) is 19.5. The number of benzene rings is 2. The summed E-state index contributed by atoms with van der Waals surface area (Å²) in [5.41, 5.74) is 3.34. The number of methoxy groups -OCH3 is 2. The molecule has 1 N–H and O–H groups in total. The standard InChI is InChI=1S/C22H24N2O4/c1-6-7-14-10-15(11-19(26-4)20(14)27-5)21(25)23-16-8-9-18-17(12-16)24-22(28-18)13(2)3/h6,8-13H,1,7H2,2-5H3,(H,23,25). The topological polar surface area (TPSA) is 73.6 Å². The second-order valence-electron chi connectivity index (χ2n) is 6.71. The molecule has 0 aliphatic carbocycles. The predicted octanol–water partition coefficient (Wildman–Crippen LogP) is 4.95. The van der Waals surface area contributed by atoms with Crippen LogP contribution in [0.15, 0.2) is 47.4 Å². The van der Waals surface area contributed by atoms with Gasteiger partial charge in [0, 0.05) is 22.7 Å². The van der Waals surface area contributed by atoms with Gasteiger partial charge in [-0.2, -0.15) is 0 Å². The fourth-order valence-corrected chi connectivity index (χ4v) is 2.95. The third kappa shape index (κ3) is 3.86. The SMILES string of the molecule is C=CCc1cc(C(=O)Nc2ccc3oc(C(C)C)nc3c2)cc(OC)c1OC. The summed E-state index contributed by atoms with van der Waals surface area (Å²) in [6, 6.07) is 8.84. The molecular formula is C22H24N2O4. The molecule has 0 aliphatic heterocycles. The van der Waals surface area contributed by atoms with Crippen molar-refractivity contribution < 1.29 is 18.7 Å². The van der Waals surface area contributed by atoms with Gasteiger partial charge in [-0.05, 0) is 36.8 Å². The van der Waals surface area contributed by atoms with Gasteiger partial charge in [0.15, 0.2) is 23.0 Å². The van der Waals surface area contributed by atoms with E-state index in [2.05, 4.69) is 16.9 Å². The molecule has 0 saturated carbocycles. The van der Waals surface area contributed by atoms with E-state index >= 15 is 0 Å². The van der Waals surface area contributed by atoms with Crippen LogP contribution in [0.1, 0.15) is 41.6 Å². The number of carbonyl (C=O) groups is 1. The maximum Gasteiger partial charge on any atom is 0.255 e. The highest BCUT2D eigenvalue weighted by Gasteiger charge is 2.16. The molecule has 3 rings (SSSR count). The monoisotopic (exact) mass is 380 g/mol. The van der Waals surface area contributed by atoms with Crippen molar-refractivity contribution in [2.24, 2.45) is 0 Å². The summed E-state index contributed by atoms with van der Waals surface area (Å²) in [7, 11) is 3.12. The van der Waals surface area contributed by atoms with E-state index in [9.17, 15) is 4.79 Å². The van der Waals surface area contributed by atoms with Gasteiger partial charge in [-0.15, -0.1) is 6.58 Å². The molecule has 3 aromatic rings. The number of ether oxygens (including phenoxy) is 2. The van der Waals surface area contributed by atoms with Gasteiger partial charge in [0.05, 0.1) is 14.2 Å². The second-order valence-corrected chi connectivity index (χ2v) is 6.71. The summed E-state index contributed by atoms with van der Waals surface area (Å²) < 4.78 is 16.5. The van der Waals surface area contributed by atoms with Gasteiger partial charge in [-0.25, -0.2) is 4.98 Å². The van der Waals surface area contributed by atoms with Crippen molar-refractivity contribution in [2.75, 3.05) is 19.5 Å². The van der Waals surface area contributed by atoms with Crippen LogP contribution in [0.5, 0.6) is 11.5 Å². The Bertz CT molecular complexity index is 1020. The van der Waals surface area contributed by atoms with Crippen LogP contribution in [0.3, 0.4) is 0 Å². The number of anilines is 1. The Hall–Kier alpha value is -3.28. The first-order valence-corrected chi connectivity index (χ1v) is 9.04. The number of rotatable bonds is 7. The Morgan fingerprint density at radius 3 is 2.68 bits per heavy atom. The molecule has 28 heavy (non-hydrogen) atoms. The van der Waals surface area contributed by atoms with Crippen LogP contribution in [0.4, 0.5) is 5.69 Å². The van der Waals surface area contributed by atoms with Crippen molar-refractivity contribution in [3.8, 4) is 11.5 Å². The van der Waals surface area contributed by atoms with E-state index in [1.165, 1.54) is 0 Å². The number of hydrogen-bond acceptors (Lipinski definition) is 5. The van der Waals surface area contributed by atoms with Crippen molar-refractivity contribution in [3.05, 3.63) is 60.0 Å². The smallest absolute Gasteiger partial charge is 0.255 e. The van der Waals surface area contributed by atoms with Crippen molar-refractivity contribution in [1.82, 2.24) is 4.98 Å². The third-order valence-corrected chi connectivity index (χ3v) is 4.34. The molecule has 2 aromatic carbocycles. The van der Waals surface area contributed by atoms with Crippen LogP contribution in [0, 0.1) is 0 Å². The van der Waals surface area contributed by atoms with Crippen LogP contribution < -0.4 is 14.8 Å². The lowest BCUT2D eigenvalue weighted by Crippen LogP contribution is -2.13. The minimum Gasteiger partial charge on any atom is -0.493 e. The van der Waals surface area contributed by atoms with Crippen LogP contribution >= 0.6 is 0 Å². The number of fused-ring (bicyclic) bond motifs is 1. The molecule has 1 amide bonds. The van der Waals surface area contributed by atoms with Gasteiger partial charge in [-0.3, -0.25) is 4.79 Å². The molecule has 1 heterocycles. The van der Waals surface area contributed by atoms with Gasteiger partial charge in [0.25, 0.3) is 5.91 Å². The number of allylic oxidation sites excluding steroid dienone is 1. The summed E-state index contributed by atoms with van der Waals surface area (Å²) in [5, 5.41) is 2.90. The summed E-state index contributed by atoms with van der Waals surface area (Å²) in [6.45, 7) is 7.80. The summed E-state index contributed by atoms with van der Waals surface area (Å²) in [4.78, 5) is 17.3. The van der Waals surface area contributed by atoms with Gasteiger partial charge in [0.1, 0.15) is 5.52 Å². The van der Waals surface area contributed by atoms with E-state index < -0.39 is 0 Å². The molecule has 0 radical (unpaired) electrons. The lowest BCUT2D eigenvalue weighted by Gasteiger charge is -2.14. The summed E-state index contributed by atoms with van der Waals surface area (Å²) in [5.74, 6) is 1.72. The molecule has 0 unspecified atom stereocenters. The maximum absolute atomic E-state index is 12.8. The normalized spacial score (nSPS) is 10.9. The average Bonchev–Trinajstić information content (AvgIpc) is 3.11. The Balaban J connectivity index is 1.90. The Labute approximate surface area is 164 Å². The van der Waals surface area contributed by atoms with Gasteiger partial charge >= 0.3 is 0 Å². The second kappa shape index (κ2) is 8.17. The summed E-state index contributed by atoms with van der Waals surface area (Å²) in [6.07, 6.45) is 2.31. The van der Waals surface area contributed by atoms with E-state index in [0.717, 1.165) is 5.56 Å². The van der Waals surface area contributed by atoms with Crippen molar-refractivity contribution in [2.45, 2.75) is 26.2 Å². The van der Waals surface area contributed by atoms with E-state index in [0.29, 0.717) is 46.2 Å². The fourth-order valence-electron chi connectivity index (χ4n) is 2.95. The van der Waals surface area contributed by atoms with Gasteiger partial charge < -0.3 is 19.2 Å². The van der Waals surface area contributed by atoms with Crippen molar-refractivity contribution in [3.63, 3.8) is 0 Å². The quantitative estimate of drug-likeness (QED) is 0.587. The molecule has 0 aliphatic rings. The van der Waals surface area contributed by atoms with Crippen LogP contribution in [-0.4, -0.2) is 25.1 Å². The molecule has 0 saturated heterocycles. The van der Waals surface area contributed by atoms with E-state index in [1.807, 2.05) is 19.9 Å². The zero-order valence-electron chi connectivity index (χ0n) is 16.5. The third-order valence-electron chi connectivity index (χ3n) is 4.34. The molecule has 6 heteroatoms. The summed E-state index contributed by atoms with van der Waals surface area (Å²) >= 11 is 0. The number of carbonyl (C=O) groups excluding carboxylic acids is 1. The zero-order chi connectivity index (χ0) is 20.3. The van der Waals surface area contributed by atoms with Crippen molar-refractivity contribution in [1.29, 1.82) is 0 Å². The molecule has 0 atom stereocenters. The highest BCUT2D eigenvalue weighted by Crippen LogP contribution is 2.33. The molecule has 0 bridgehead atoms. The first-order chi connectivity index (χ1) is 13.5. The Morgan fingerprint density at radius 2 is 2.04 bits per heavy atom. The fraction of sp³-hybridized carbons (Fsp3) is 0.273. The zero-order valence-corrected chi connectivity index (χ0v) is 16.5. The number of nitrogens with one attached hydrogen (secondary N) is 1. The molecule has 0 spiro atoms. The van der Waals surface area contributed by atoms with E-state index in [-0.39, 0.29) is 11.8 Å². The lowest BCUT2D eigenvalue weighted by molar-refractivity contribution is 0.102. The van der Waals surface area contributed by atoms with Crippen molar-refractivity contribution >= 4 is 22.7 Å². The highest BCUT2D eigenvalue weighted by atomic mass is 16.5. The first-order valence-electron chi connectivity index (χ1n) is 9.04. The molecule has 0 fully saturated rings. The minimum atomic E-state index is -0.252. The number of oxazole rings is 1. The average molecular weight is 380 g/mol. The van der Waals surface area contributed by atoms with Crippen LogP contribution in [0.25, 0.3) is 11.1 Å². The molecular weight excluding hydrogens is 356 g/mol. The Morgan fingerprint density at radius 1 is 1.25 bits per heavy atom. The Kier molecular flexibility index (Phi) is 5.68. The number of hydrogen-bond donors (Lipinski definition) is 1. The molecule has 1 aromatic heterocycles. The lowest BCUT2D eigenvalue weighted by atomic mass is 10.0. The number of aromatic nitrogens is 1. The minimum absolute atomic E-state index is 0.195. The number of amides is 1. The van der Waals surface area contributed by atoms with Gasteiger partial charge in [0.2, 0.25) is 0 Å². The van der Waals surface area contributed by atoms with Crippen LogP contribution in [0.2, 0.25) is 0 Å². The molecule has 146 valence electrons. The molecule has 6 nitrogen and oxygen atoms in total. The largest absolute Gasteiger partial charge is 0.493 e. The van der Waals surface area contributed by atoms with E-state index in [4.69, 9.17) is 13.9 Å². The predicted molar refractivity (Wildman–Crippen MR) is 109 cm³/mol. The van der Waals surface area contributed by atoms with E-state index in [1.54, 1.807) is 44.6 Å².